The summed E-state index contributed by atoms with van der Waals surface area (Å²) in [6.45, 7) is 0. The Bertz CT molecular complexity index is 1010. The van der Waals surface area contributed by atoms with Crippen LogP contribution < -0.4 is 5.43 Å². The average Bonchev–Trinajstić information content (AvgIpc) is 2.89. The van der Waals surface area contributed by atoms with E-state index >= 15 is 0 Å². The van der Waals surface area contributed by atoms with E-state index in [1.807, 2.05) is 24.3 Å². The Balaban J connectivity index is 1.78. The molecule has 0 radical (unpaired) electrons. The monoisotopic (exact) mass is 463 g/mol. The number of thiocarbonyl (C=S) groups is 1. The third-order valence-electron chi connectivity index (χ3n) is 3.47. The lowest BCUT2D eigenvalue weighted by Gasteiger charge is -2.15. The van der Waals surface area contributed by atoms with E-state index in [4.69, 9.17) is 12.2 Å². The summed E-state index contributed by atoms with van der Waals surface area (Å²) in [4.78, 5) is 35.5. The highest BCUT2D eigenvalue weighted by molar-refractivity contribution is 9.10. The van der Waals surface area contributed by atoms with Gasteiger partial charge in [-0.25, -0.2) is 0 Å². The van der Waals surface area contributed by atoms with Crippen LogP contribution in [0.4, 0.5) is 5.69 Å². The van der Waals surface area contributed by atoms with E-state index in [2.05, 4.69) is 21.4 Å². The average molecular weight is 464 g/mol. The Morgan fingerprint density at radius 1 is 1.26 bits per heavy atom. The van der Waals surface area contributed by atoms with Gasteiger partial charge in [-0.05, 0) is 42.1 Å². The number of halogens is 1. The van der Waals surface area contributed by atoms with Crippen LogP contribution in [0.3, 0.4) is 0 Å². The van der Waals surface area contributed by atoms with Crippen LogP contribution in [0.2, 0.25) is 0 Å². The number of nitro benzene ring substituents is 1. The quantitative estimate of drug-likeness (QED) is 0.319. The van der Waals surface area contributed by atoms with Gasteiger partial charge in [-0.15, -0.1) is 0 Å². The van der Waals surface area contributed by atoms with Crippen LogP contribution in [0.5, 0.6) is 0 Å². The zero-order valence-electron chi connectivity index (χ0n) is 13.4. The maximum atomic E-state index is 12.6. The first-order valence-corrected chi connectivity index (χ1v) is 9.46. The third kappa shape index (κ3) is 4.41. The molecule has 27 heavy (non-hydrogen) atoms. The van der Waals surface area contributed by atoms with E-state index in [0.29, 0.717) is 4.91 Å². The Labute approximate surface area is 171 Å². The molecular formula is C17H10BrN3O4S2. The molecule has 10 heteroatoms. The number of nitrogens with one attached hydrogen (secondary N) is 1. The molecule has 2 amide bonds. The molecule has 1 aliphatic heterocycles. The molecule has 0 saturated carbocycles. The predicted octanol–water partition coefficient (Wildman–Crippen LogP) is 3.90. The fourth-order valence-corrected chi connectivity index (χ4v) is 3.84. The van der Waals surface area contributed by atoms with Gasteiger partial charge in [-0.1, -0.05) is 45.9 Å². The summed E-state index contributed by atoms with van der Waals surface area (Å²) in [6, 6.07) is 12.6. The number of thioether (sulfide) groups is 1. The minimum absolute atomic E-state index is 0.0502. The van der Waals surface area contributed by atoms with Crippen molar-refractivity contribution in [2.24, 2.45) is 0 Å². The van der Waals surface area contributed by atoms with Gasteiger partial charge in [-0.3, -0.25) is 25.1 Å². The molecule has 0 unspecified atom stereocenters. The molecule has 0 bridgehead atoms. The predicted molar refractivity (Wildman–Crippen MR) is 110 cm³/mol. The van der Waals surface area contributed by atoms with E-state index in [0.717, 1.165) is 32.9 Å². The third-order valence-corrected chi connectivity index (χ3v) is 5.27. The van der Waals surface area contributed by atoms with Crippen molar-refractivity contribution in [2.75, 3.05) is 0 Å². The van der Waals surface area contributed by atoms with Crippen molar-refractivity contribution in [2.45, 2.75) is 0 Å². The molecule has 0 atom stereocenters. The van der Waals surface area contributed by atoms with Gasteiger partial charge in [0, 0.05) is 22.2 Å². The number of rotatable bonds is 4. The Morgan fingerprint density at radius 2 is 2.00 bits per heavy atom. The number of non-ortho nitro benzene ring substituents is 1. The zero-order valence-corrected chi connectivity index (χ0v) is 16.6. The molecule has 1 heterocycles. The Hall–Kier alpha value is -2.56. The number of hydrogen-bond acceptors (Lipinski definition) is 6. The summed E-state index contributed by atoms with van der Waals surface area (Å²) < 4.78 is 1.03. The van der Waals surface area contributed by atoms with Gasteiger partial charge < -0.3 is 0 Å². The Kier molecular flexibility index (Phi) is 5.68. The number of amides is 2. The zero-order chi connectivity index (χ0) is 19.6. The van der Waals surface area contributed by atoms with Gasteiger partial charge >= 0.3 is 0 Å². The standard InChI is InChI=1S/C17H10BrN3O4S2/c18-12-5-1-3-10(7-12)8-14-16(23)20(17(26)27-14)19-15(22)11-4-2-6-13(9-11)21(24)25/h1-9H,(H,19,22). The van der Waals surface area contributed by atoms with E-state index in [1.54, 1.807) is 6.08 Å². The number of carbonyl (C=O) groups is 2. The molecule has 2 aromatic rings. The van der Waals surface area contributed by atoms with Crippen molar-refractivity contribution in [3.05, 3.63) is 79.2 Å². The van der Waals surface area contributed by atoms with Gasteiger partial charge in [0.2, 0.25) is 0 Å². The number of nitrogens with zero attached hydrogens (tertiary/aromatic N) is 2. The van der Waals surface area contributed by atoms with Gasteiger partial charge in [-0.2, -0.15) is 5.01 Å². The molecule has 1 fully saturated rings. The minimum atomic E-state index is -0.668. The molecule has 3 rings (SSSR count). The van der Waals surface area contributed by atoms with E-state index in [9.17, 15) is 19.7 Å². The van der Waals surface area contributed by atoms with Crippen LogP contribution in [0.25, 0.3) is 6.08 Å². The lowest BCUT2D eigenvalue weighted by Crippen LogP contribution is -2.44. The lowest BCUT2D eigenvalue weighted by molar-refractivity contribution is -0.384. The highest BCUT2D eigenvalue weighted by atomic mass is 79.9. The molecule has 7 nitrogen and oxygen atoms in total. The van der Waals surface area contributed by atoms with Crippen LogP contribution in [0.15, 0.2) is 57.9 Å². The van der Waals surface area contributed by atoms with Crippen LogP contribution in [-0.2, 0) is 4.79 Å². The van der Waals surface area contributed by atoms with E-state index < -0.39 is 16.7 Å². The second-order valence-corrected chi connectivity index (χ2v) is 7.91. The number of benzene rings is 2. The maximum Gasteiger partial charge on any atom is 0.285 e. The number of carbonyl (C=O) groups excluding carboxylic acids is 2. The van der Waals surface area contributed by atoms with Crippen molar-refractivity contribution in [1.82, 2.24) is 10.4 Å². The van der Waals surface area contributed by atoms with Crippen LogP contribution in [0, 0.1) is 10.1 Å². The first-order chi connectivity index (χ1) is 12.8. The van der Waals surface area contributed by atoms with Crippen molar-refractivity contribution in [3.63, 3.8) is 0 Å². The first-order valence-electron chi connectivity index (χ1n) is 7.44. The normalized spacial score (nSPS) is 15.3. The second-order valence-electron chi connectivity index (χ2n) is 5.32. The second kappa shape index (κ2) is 7.99. The summed E-state index contributed by atoms with van der Waals surface area (Å²) in [6.07, 6.45) is 1.67. The van der Waals surface area contributed by atoms with Crippen molar-refractivity contribution in [3.8, 4) is 0 Å². The molecule has 2 aromatic carbocycles. The number of hydrazine groups is 1. The van der Waals surface area contributed by atoms with E-state index in [-0.39, 0.29) is 15.6 Å². The van der Waals surface area contributed by atoms with Crippen molar-refractivity contribution in [1.29, 1.82) is 0 Å². The molecule has 136 valence electrons. The van der Waals surface area contributed by atoms with Gasteiger partial charge in [0.25, 0.3) is 17.5 Å². The van der Waals surface area contributed by atoms with Crippen molar-refractivity contribution >= 4 is 67.8 Å². The molecular weight excluding hydrogens is 454 g/mol. The maximum absolute atomic E-state index is 12.6. The minimum Gasteiger partial charge on any atom is -0.267 e. The highest BCUT2D eigenvalue weighted by Gasteiger charge is 2.34. The molecule has 0 aliphatic carbocycles. The fraction of sp³-hybridized carbons (Fsp3) is 0. The summed E-state index contributed by atoms with van der Waals surface area (Å²) in [5, 5.41) is 11.8. The van der Waals surface area contributed by atoms with Crippen LogP contribution in [0.1, 0.15) is 15.9 Å². The summed E-state index contributed by atoms with van der Waals surface area (Å²) in [7, 11) is 0. The van der Waals surface area contributed by atoms with Crippen molar-refractivity contribution < 1.29 is 14.5 Å². The largest absolute Gasteiger partial charge is 0.285 e. The van der Waals surface area contributed by atoms with Crippen LogP contribution in [-0.4, -0.2) is 26.1 Å². The van der Waals surface area contributed by atoms with E-state index in [1.165, 1.54) is 18.2 Å². The summed E-state index contributed by atoms with van der Waals surface area (Å²) in [5.74, 6) is -1.14. The first kappa shape index (κ1) is 19.2. The smallest absolute Gasteiger partial charge is 0.267 e. The van der Waals surface area contributed by atoms with Crippen LogP contribution >= 0.6 is 39.9 Å². The Morgan fingerprint density at radius 3 is 2.70 bits per heavy atom. The lowest BCUT2D eigenvalue weighted by atomic mass is 10.2. The van der Waals surface area contributed by atoms with Gasteiger partial charge in [0.05, 0.1) is 9.83 Å². The SMILES string of the molecule is O=C(NN1C(=O)C(=Cc2cccc(Br)c2)SC1=S)c1cccc([N+](=O)[O-])c1. The van der Waals surface area contributed by atoms with Gasteiger partial charge in [0.1, 0.15) is 0 Å². The summed E-state index contributed by atoms with van der Waals surface area (Å²) in [5.41, 5.74) is 3.03. The number of nitro groups is 1. The topological polar surface area (TPSA) is 92.6 Å². The number of hydrogen-bond donors (Lipinski definition) is 1. The highest BCUT2D eigenvalue weighted by Crippen LogP contribution is 2.32. The summed E-state index contributed by atoms with van der Waals surface area (Å²) >= 11 is 9.59. The molecule has 1 aliphatic rings. The molecule has 1 N–H and O–H groups in total. The fourth-order valence-electron chi connectivity index (χ4n) is 2.24. The van der Waals surface area contributed by atoms with Gasteiger partial charge in [0.15, 0.2) is 4.32 Å². The molecule has 1 saturated heterocycles. The molecule has 0 spiro atoms. The molecule has 0 aromatic heterocycles.